The molecule has 0 fully saturated rings. The number of hydrogen-bond donors (Lipinski definition) is 1. The number of aliphatic hydroxyl groups is 1. The standard InChI is InChI=1S/C13H11NO6/c1-19-13(18)8(12(17)9-3-2-6-20-9)7-14-10(15)4-5-11(14)16/h2-7,12,17H,1H3. The maximum Gasteiger partial charge on any atom is 0.338 e. The van der Waals surface area contributed by atoms with Crippen molar-refractivity contribution < 1.29 is 28.6 Å². The molecule has 1 aliphatic heterocycles. The van der Waals surface area contributed by atoms with Crippen LogP contribution in [0.3, 0.4) is 0 Å². The molecule has 0 radical (unpaired) electrons. The van der Waals surface area contributed by atoms with Gasteiger partial charge in [-0.3, -0.25) is 9.59 Å². The topological polar surface area (TPSA) is 97.0 Å². The van der Waals surface area contributed by atoms with Crippen LogP contribution in [0.2, 0.25) is 0 Å². The van der Waals surface area contributed by atoms with Gasteiger partial charge in [-0.1, -0.05) is 0 Å². The molecular weight excluding hydrogens is 266 g/mol. The molecule has 0 saturated heterocycles. The first-order chi connectivity index (χ1) is 9.54. The Bertz CT molecular complexity index is 580. The summed E-state index contributed by atoms with van der Waals surface area (Å²) in [6, 6.07) is 2.98. The number of methoxy groups -OCH3 is 1. The highest BCUT2D eigenvalue weighted by Gasteiger charge is 2.29. The first-order valence-corrected chi connectivity index (χ1v) is 5.61. The Morgan fingerprint density at radius 1 is 1.40 bits per heavy atom. The van der Waals surface area contributed by atoms with Crippen LogP contribution in [0.4, 0.5) is 0 Å². The number of furan rings is 1. The van der Waals surface area contributed by atoms with E-state index in [1.165, 1.54) is 18.4 Å². The van der Waals surface area contributed by atoms with E-state index in [0.29, 0.717) is 4.90 Å². The van der Waals surface area contributed by atoms with Gasteiger partial charge in [0, 0.05) is 18.4 Å². The van der Waals surface area contributed by atoms with Gasteiger partial charge in [0.2, 0.25) is 0 Å². The Kier molecular flexibility index (Phi) is 3.81. The normalized spacial score (nSPS) is 16.7. The molecule has 0 aliphatic carbocycles. The van der Waals surface area contributed by atoms with E-state index >= 15 is 0 Å². The highest BCUT2D eigenvalue weighted by molar-refractivity contribution is 6.14. The van der Waals surface area contributed by atoms with E-state index in [0.717, 1.165) is 25.5 Å². The fourth-order valence-electron chi connectivity index (χ4n) is 1.63. The molecule has 1 aromatic heterocycles. The SMILES string of the molecule is COC(=O)C(=CN1C(=O)C=CC1=O)C(O)c1ccco1. The van der Waals surface area contributed by atoms with E-state index in [2.05, 4.69) is 4.74 Å². The maximum atomic E-state index is 11.7. The lowest BCUT2D eigenvalue weighted by Crippen LogP contribution is -2.27. The van der Waals surface area contributed by atoms with Gasteiger partial charge in [-0.25, -0.2) is 9.69 Å². The summed E-state index contributed by atoms with van der Waals surface area (Å²) < 4.78 is 9.52. The number of nitrogens with zero attached hydrogens (tertiary/aromatic N) is 1. The smallest absolute Gasteiger partial charge is 0.338 e. The molecule has 0 spiro atoms. The van der Waals surface area contributed by atoms with Crippen molar-refractivity contribution in [1.29, 1.82) is 0 Å². The summed E-state index contributed by atoms with van der Waals surface area (Å²) in [6.45, 7) is 0. The van der Waals surface area contributed by atoms with E-state index in [9.17, 15) is 19.5 Å². The molecule has 7 nitrogen and oxygen atoms in total. The lowest BCUT2D eigenvalue weighted by atomic mass is 10.1. The van der Waals surface area contributed by atoms with Crippen LogP contribution in [0.5, 0.6) is 0 Å². The average molecular weight is 277 g/mol. The van der Waals surface area contributed by atoms with Crippen LogP contribution in [-0.2, 0) is 19.1 Å². The van der Waals surface area contributed by atoms with Crippen molar-refractivity contribution in [3.63, 3.8) is 0 Å². The minimum Gasteiger partial charge on any atom is -0.466 e. The largest absolute Gasteiger partial charge is 0.466 e. The Morgan fingerprint density at radius 2 is 2.05 bits per heavy atom. The van der Waals surface area contributed by atoms with Crippen molar-refractivity contribution in [3.05, 3.63) is 48.1 Å². The molecule has 1 aromatic rings. The Labute approximate surface area is 113 Å². The Balaban J connectivity index is 2.35. The third kappa shape index (κ3) is 2.52. The second-order valence-corrected chi connectivity index (χ2v) is 3.87. The third-order valence-corrected chi connectivity index (χ3v) is 2.64. The second-order valence-electron chi connectivity index (χ2n) is 3.87. The van der Waals surface area contributed by atoms with E-state index in [1.807, 2.05) is 0 Å². The molecule has 104 valence electrons. The van der Waals surface area contributed by atoms with E-state index in [-0.39, 0.29) is 11.3 Å². The predicted molar refractivity (Wildman–Crippen MR) is 64.8 cm³/mol. The van der Waals surface area contributed by atoms with Crippen LogP contribution < -0.4 is 0 Å². The molecule has 2 heterocycles. The lowest BCUT2D eigenvalue weighted by molar-refractivity contribution is -0.137. The van der Waals surface area contributed by atoms with Crippen molar-refractivity contribution in [2.75, 3.05) is 7.11 Å². The monoisotopic (exact) mass is 277 g/mol. The van der Waals surface area contributed by atoms with Gasteiger partial charge in [-0.15, -0.1) is 0 Å². The second kappa shape index (κ2) is 5.54. The van der Waals surface area contributed by atoms with Crippen LogP contribution in [0.1, 0.15) is 11.9 Å². The molecule has 2 rings (SSSR count). The summed E-state index contributed by atoms with van der Waals surface area (Å²) in [6.07, 6.45) is 2.95. The van der Waals surface area contributed by atoms with Gasteiger partial charge in [0.1, 0.15) is 11.9 Å². The van der Waals surface area contributed by atoms with Crippen molar-refractivity contribution >= 4 is 17.8 Å². The van der Waals surface area contributed by atoms with Gasteiger partial charge >= 0.3 is 5.97 Å². The van der Waals surface area contributed by atoms with Crippen LogP contribution in [0, 0.1) is 0 Å². The zero-order valence-corrected chi connectivity index (χ0v) is 10.5. The summed E-state index contributed by atoms with van der Waals surface area (Å²) in [4.78, 5) is 35.3. The molecule has 0 saturated carbocycles. The molecule has 2 amide bonds. The molecule has 20 heavy (non-hydrogen) atoms. The molecular formula is C13H11NO6. The molecule has 0 bridgehead atoms. The zero-order valence-electron chi connectivity index (χ0n) is 10.5. The van der Waals surface area contributed by atoms with E-state index in [4.69, 9.17) is 4.42 Å². The predicted octanol–water partition coefficient (Wildman–Crippen LogP) is 0.295. The summed E-state index contributed by atoms with van der Waals surface area (Å²) in [5.41, 5.74) is -0.284. The van der Waals surface area contributed by atoms with Crippen molar-refractivity contribution in [1.82, 2.24) is 4.90 Å². The van der Waals surface area contributed by atoms with Gasteiger partial charge < -0.3 is 14.3 Å². The fraction of sp³-hybridized carbons (Fsp3) is 0.154. The molecule has 0 aromatic carbocycles. The van der Waals surface area contributed by atoms with Crippen LogP contribution >= 0.6 is 0 Å². The zero-order chi connectivity index (χ0) is 14.7. The first kappa shape index (κ1) is 13.8. The van der Waals surface area contributed by atoms with Crippen molar-refractivity contribution in [3.8, 4) is 0 Å². The highest BCUT2D eigenvalue weighted by atomic mass is 16.5. The molecule has 1 N–H and O–H groups in total. The Hall–Kier alpha value is -2.67. The van der Waals surface area contributed by atoms with Gasteiger partial charge in [0.25, 0.3) is 11.8 Å². The molecule has 1 unspecified atom stereocenters. The minimum atomic E-state index is -1.45. The number of aliphatic hydroxyl groups excluding tert-OH is 1. The highest BCUT2D eigenvalue weighted by Crippen LogP contribution is 2.24. The summed E-state index contributed by atoms with van der Waals surface area (Å²) in [5.74, 6) is -2.00. The molecule has 7 heteroatoms. The van der Waals surface area contributed by atoms with Gasteiger partial charge in [-0.05, 0) is 12.1 Å². The maximum absolute atomic E-state index is 11.7. The lowest BCUT2D eigenvalue weighted by Gasteiger charge is -2.14. The van der Waals surface area contributed by atoms with Crippen LogP contribution in [0.15, 0.2) is 46.7 Å². The quantitative estimate of drug-likeness (QED) is 0.483. The number of amides is 2. The van der Waals surface area contributed by atoms with E-state index in [1.54, 1.807) is 0 Å². The third-order valence-electron chi connectivity index (χ3n) is 2.64. The van der Waals surface area contributed by atoms with Crippen molar-refractivity contribution in [2.45, 2.75) is 6.10 Å². The summed E-state index contributed by atoms with van der Waals surface area (Å²) in [5, 5.41) is 10.1. The van der Waals surface area contributed by atoms with Gasteiger partial charge in [-0.2, -0.15) is 0 Å². The number of ether oxygens (including phenoxy) is 1. The van der Waals surface area contributed by atoms with E-state index < -0.39 is 23.9 Å². The number of esters is 1. The summed E-state index contributed by atoms with van der Waals surface area (Å²) in [7, 11) is 1.12. The first-order valence-electron chi connectivity index (χ1n) is 5.61. The Morgan fingerprint density at radius 3 is 2.55 bits per heavy atom. The molecule has 1 atom stereocenters. The number of imide groups is 1. The number of carbonyl (C=O) groups excluding carboxylic acids is 3. The van der Waals surface area contributed by atoms with Gasteiger partial charge in [0.15, 0.2) is 0 Å². The fourth-order valence-corrected chi connectivity index (χ4v) is 1.63. The van der Waals surface area contributed by atoms with Gasteiger partial charge in [0.05, 0.1) is 18.9 Å². The van der Waals surface area contributed by atoms with Crippen LogP contribution in [0.25, 0.3) is 0 Å². The minimum absolute atomic E-state index is 0.0914. The number of rotatable bonds is 4. The van der Waals surface area contributed by atoms with Crippen LogP contribution in [-0.4, -0.2) is 34.9 Å². The number of hydrogen-bond acceptors (Lipinski definition) is 6. The average Bonchev–Trinajstić information content (AvgIpc) is 3.07. The number of carbonyl (C=O) groups is 3. The molecule has 1 aliphatic rings. The van der Waals surface area contributed by atoms with Crippen molar-refractivity contribution in [2.24, 2.45) is 0 Å². The summed E-state index contributed by atoms with van der Waals surface area (Å²) >= 11 is 0.